The van der Waals surface area contributed by atoms with Crippen LogP contribution in [0, 0.1) is 6.92 Å². The molecule has 0 amide bonds. The summed E-state index contributed by atoms with van der Waals surface area (Å²) >= 11 is 0. The second-order valence-corrected chi connectivity index (χ2v) is 7.26. The van der Waals surface area contributed by atoms with Crippen molar-refractivity contribution in [2.75, 3.05) is 6.54 Å². The number of ether oxygens (including phenoxy) is 1. The number of carbonyl (C=O) groups is 1. The van der Waals surface area contributed by atoms with E-state index in [0.29, 0.717) is 11.3 Å². The third kappa shape index (κ3) is 4.69. The number of aliphatic carboxylic acids is 1. The molecule has 0 heterocycles. The Hall–Kier alpha value is -1.64. The molecule has 0 fully saturated rings. The van der Waals surface area contributed by atoms with Crippen LogP contribution < -0.4 is 9.46 Å². The van der Waals surface area contributed by atoms with E-state index in [1.54, 1.807) is 13.0 Å². The number of carboxylic acid groups (broad SMARTS) is 1. The maximum atomic E-state index is 12.1. The molecule has 8 heteroatoms. The Balaban J connectivity index is 2.95. The van der Waals surface area contributed by atoms with Gasteiger partial charge in [0, 0.05) is 0 Å². The number of carboxylic acids is 1. The number of aryl methyl sites for hydroxylation is 1. The first-order chi connectivity index (χ1) is 9.95. The van der Waals surface area contributed by atoms with Crippen molar-refractivity contribution in [3.05, 3.63) is 23.8 Å². The fourth-order valence-electron chi connectivity index (χ4n) is 1.57. The summed E-state index contributed by atoms with van der Waals surface area (Å²) < 4.78 is 31.9. The van der Waals surface area contributed by atoms with Gasteiger partial charge in [0.05, 0.1) is 17.5 Å². The molecule has 1 atom stereocenters. The fraction of sp³-hybridized carbons (Fsp3) is 0.500. The summed E-state index contributed by atoms with van der Waals surface area (Å²) in [6.07, 6.45) is -0.0371. The maximum absolute atomic E-state index is 12.1. The van der Waals surface area contributed by atoms with E-state index >= 15 is 0 Å². The van der Waals surface area contributed by atoms with Crippen LogP contribution >= 0.6 is 0 Å². The van der Waals surface area contributed by atoms with E-state index in [0.717, 1.165) is 6.92 Å². The van der Waals surface area contributed by atoms with E-state index in [4.69, 9.17) is 9.84 Å². The first kappa shape index (κ1) is 18.4. The van der Waals surface area contributed by atoms with Crippen LogP contribution in [0.5, 0.6) is 5.75 Å². The fourth-order valence-corrected chi connectivity index (χ4v) is 2.79. The average molecular weight is 331 g/mol. The van der Waals surface area contributed by atoms with Gasteiger partial charge in [0.25, 0.3) is 0 Å². The zero-order valence-corrected chi connectivity index (χ0v) is 13.8. The molecule has 1 unspecified atom stereocenters. The number of sulfonamides is 1. The van der Waals surface area contributed by atoms with Gasteiger partial charge in [-0.1, -0.05) is 0 Å². The third-order valence-electron chi connectivity index (χ3n) is 2.89. The van der Waals surface area contributed by atoms with Gasteiger partial charge in [-0.15, -0.1) is 0 Å². The van der Waals surface area contributed by atoms with Crippen LogP contribution in [0.3, 0.4) is 0 Å². The van der Waals surface area contributed by atoms with Gasteiger partial charge in [-0.2, -0.15) is 0 Å². The van der Waals surface area contributed by atoms with E-state index in [9.17, 15) is 18.3 Å². The molecule has 1 aromatic carbocycles. The smallest absolute Gasteiger partial charge is 0.336 e. The molecule has 124 valence electrons. The quantitative estimate of drug-likeness (QED) is 0.684. The Morgan fingerprint density at radius 1 is 1.41 bits per heavy atom. The highest BCUT2D eigenvalue weighted by Crippen LogP contribution is 2.23. The highest BCUT2D eigenvalue weighted by molar-refractivity contribution is 7.89. The van der Waals surface area contributed by atoms with Crippen LogP contribution in [0.25, 0.3) is 0 Å². The van der Waals surface area contributed by atoms with Crippen molar-refractivity contribution in [2.24, 2.45) is 0 Å². The lowest BCUT2D eigenvalue weighted by atomic mass is 10.1. The molecule has 22 heavy (non-hydrogen) atoms. The van der Waals surface area contributed by atoms with Crippen LogP contribution in [-0.4, -0.2) is 42.8 Å². The minimum Gasteiger partial charge on any atom is -0.491 e. The molecule has 0 saturated carbocycles. The Morgan fingerprint density at radius 2 is 2.00 bits per heavy atom. The molecule has 0 spiro atoms. The Kier molecular flexibility index (Phi) is 5.55. The summed E-state index contributed by atoms with van der Waals surface area (Å²) in [6, 6.07) is 4.33. The largest absolute Gasteiger partial charge is 0.491 e. The normalized spacial score (nSPS) is 14.6. The predicted octanol–water partition coefficient (Wildman–Crippen LogP) is 0.896. The number of hydrogen-bond acceptors (Lipinski definition) is 5. The lowest BCUT2D eigenvalue weighted by Gasteiger charge is -2.19. The summed E-state index contributed by atoms with van der Waals surface area (Å²) in [7, 11) is -3.92. The van der Waals surface area contributed by atoms with Gasteiger partial charge in [0.15, 0.2) is 5.60 Å². The lowest BCUT2D eigenvalue weighted by Crippen LogP contribution is -2.46. The molecule has 0 aliphatic rings. The molecule has 0 bridgehead atoms. The van der Waals surface area contributed by atoms with Gasteiger partial charge in [0.2, 0.25) is 10.0 Å². The van der Waals surface area contributed by atoms with Crippen molar-refractivity contribution in [3.63, 3.8) is 0 Å². The summed E-state index contributed by atoms with van der Waals surface area (Å²) in [6.45, 7) is 5.82. The maximum Gasteiger partial charge on any atom is 0.336 e. The van der Waals surface area contributed by atoms with E-state index in [1.165, 1.54) is 12.1 Å². The predicted molar refractivity (Wildman–Crippen MR) is 80.4 cm³/mol. The van der Waals surface area contributed by atoms with Crippen LogP contribution in [0.1, 0.15) is 26.3 Å². The second-order valence-electron chi connectivity index (χ2n) is 5.50. The molecule has 0 aliphatic carbocycles. The summed E-state index contributed by atoms with van der Waals surface area (Å²) in [4.78, 5) is 10.7. The lowest BCUT2D eigenvalue weighted by molar-refractivity contribution is -0.155. The molecule has 1 rings (SSSR count). The van der Waals surface area contributed by atoms with Crippen molar-refractivity contribution >= 4 is 16.0 Å². The van der Waals surface area contributed by atoms with E-state index in [2.05, 4.69) is 4.72 Å². The minimum absolute atomic E-state index is 0.0257. The monoisotopic (exact) mass is 331 g/mol. The molecule has 0 aromatic heterocycles. The van der Waals surface area contributed by atoms with Crippen LogP contribution in [0.15, 0.2) is 23.1 Å². The summed E-state index contributed by atoms with van der Waals surface area (Å²) in [5.41, 5.74) is -1.54. The first-order valence-corrected chi connectivity index (χ1v) is 8.17. The Morgan fingerprint density at radius 3 is 2.45 bits per heavy atom. The molecule has 0 radical (unpaired) electrons. The van der Waals surface area contributed by atoms with Crippen molar-refractivity contribution in [1.29, 1.82) is 0 Å². The number of aliphatic hydroxyl groups is 1. The van der Waals surface area contributed by atoms with Crippen LogP contribution in [0.4, 0.5) is 0 Å². The average Bonchev–Trinajstić information content (AvgIpc) is 2.38. The Labute approximate surface area is 130 Å². The summed E-state index contributed by atoms with van der Waals surface area (Å²) in [5.74, 6) is -0.932. The van der Waals surface area contributed by atoms with Crippen molar-refractivity contribution < 1.29 is 28.2 Å². The standard InChI is InChI=1S/C14H21NO6S/c1-9(2)21-12-6-5-11(7-10(12)3)22(19,20)15-8-14(4,18)13(16)17/h5-7,9,15,18H,8H2,1-4H3,(H,16,17). The van der Waals surface area contributed by atoms with E-state index < -0.39 is 28.1 Å². The van der Waals surface area contributed by atoms with Gasteiger partial charge in [-0.25, -0.2) is 17.9 Å². The Bertz CT molecular complexity index is 651. The topological polar surface area (TPSA) is 113 Å². The molecular weight excluding hydrogens is 310 g/mol. The molecule has 3 N–H and O–H groups in total. The second kappa shape index (κ2) is 6.64. The number of benzene rings is 1. The summed E-state index contributed by atoms with van der Waals surface area (Å²) in [5, 5.41) is 18.3. The van der Waals surface area contributed by atoms with E-state index in [-0.39, 0.29) is 11.0 Å². The van der Waals surface area contributed by atoms with Gasteiger partial charge >= 0.3 is 5.97 Å². The van der Waals surface area contributed by atoms with Crippen molar-refractivity contribution in [1.82, 2.24) is 4.72 Å². The zero-order chi connectivity index (χ0) is 17.1. The third-order valence-corrected chi connectivity index (χ3v) is 4.29. The molecule has 1 aromatic rings. The first-order valence-electron chi connectivity index (χ1n) is 6.68. The van der Waals surface area contributed by atoms with Gasteiger partial charge < -0.3 is 14.9 Å². The number of rotatable bonds is 7. The minimum atomic E-state index is -3.92. The highest BCUT2D eigenvalue weighted by atomic mass is 32.2. The zero-order valence-electron chi connectivity index (χ0n) is 13.0. The molecule has 0 aliphatic heterocycles. The van der Waals surface area contributed by atoms with Crippen molar-refractivity contribution in [2.45, 2.75) is 44.3 Å². The molecule has 0 saturated heterocycles. The van der Waals surface area contributed by atoms with Crippen LogP contribution in [0.2, 0.25) is 0 Å². The van der Waals surface area contributed by atoms with Crippen molar-refractivity contribution in [3.8, 4) is 5.75 Å². The highest BCUT2D eigenvalue weighted by Gasteiger charge is 2.31. The number of hydrogen-bond donors (Lipinski definition) is 3. The van der Waals surface area contributed by atoms with E-state index in [1.807, 2.05) is 13.8 Å². The van der Waals surface area contributed by atoms with Crippen LogP contribution in [-0.2, 0) is 14.8 Å². The van der Waals surface area contributed by atoms with Gasteiger partial charge in [-0.05, 0) is 51.5 Å². The van der Waals surface area contributed by atoms with Gasteiger partial charge in [0.1, 0.15) is 5.75 Å². The molecule has 7 nitrogen and oxygen atoms in total. The molecular formula is C14H21NO6S. The van der Waals surface area contributed by atoms with Gasteiger partial charge in [-0.3, -0.25) is 0 Å². The number of nitrogens with one attached hydrogen (secondary N) is 1. The SMILES string of the molecule is Cc1cc(S(=O)(=O)NCC(C)(O)C(=O)O)ccc1OC(C)C.